The summed E-state index contributed by atoms with van der Waals surface area (Å²) in [6.07, 6.45) is 1.72. The third-order valence-electron chi connectivity index (χ3n) is 2.95. The van der Waals surface area contributed by atoms with Crippen molar-refractivity contribution in [3.8, 4) is 0 Å². The molecule has 3 nitrogen and oxygen atoms in total. The number of rotatable bonds is 2. The van der Waals surface area contributed by atoms with Gasteiger partial charge in [0.05, 0.1) is 4.88 Å². The van der Waals surface area contributed by atoms with E-state index in [4.69, 9.17) is 0 Å². The number of anilines is 1. The molecule has 0 radical (unpaired) electrons. The van der Waals surface area contributed by atoms with Gasteiger partial charge >= 0.3 is 0 Å². The second-order valence-corrected chi connectivity index (χ2v) is 6.71. The maximum absolute atomic E-state index is 13.3. The molecule has 0 aliphatic carbocycles. The molecular formula is C14H11FN2OS2. The number of thiazole rings is 1. The van der Waals surface area contributed by atoms with Crippen molar-refractivity contribution in [2.24, 2.45) is 0 Å². The zero-order valence-corrected chi connectivity index (χ0v) is 12.5. The van der Waals surface area contributed by atoms with Gasteiger partial charge in [-0.25, -0.2) is 9.37 Å². The van der Waals surface area contributed by atoms with E-state index in [0.29, 0.717) is 10.0 Å². The van der Waals surface area contributed by atoms with Crippen LogP contribution in [0.2, 0.25) is 0 Å². The van der Waals surface area contributed by atoms with Gasteiger partial charge < -0.3 is 0 Å². The summed E-state index contributed by atoms with van der Waals surface area (Å²) in [6, 6.07) is 4.57. The molecule has 6 heteroatoms. The van der Waals surface area contributed by atoms with Crippen molar-refractivity contribution >= 4 is 43.8 Å². The predicted octanol–water partition coefficient (Wildman–Crippen LogP) is 4.37. The van der Waals surface area contributed by atoms with Gasteiger partial charge in [-0.2, -0.15) is 0 Å². The first-order valence-corrected chi connectivity index (χ1v) is 7.60. The van der Waals surface area contributed by atoms with E-state index in [1.807, 2.05) is 13.8 Å². The molecule has 0 saturated carbocycles. The zero-order valence-electron chi connectivity index (χ0n) is 10.9. The zero-order chi connectivity index (χ0) is 14.3. The topological polar surface area (TPSA) is 42.0 Å². The normalized spacial score (nSPS) is 10.9. The number of aromatic nitrogens is 1. The van der Waals surface area contributed by atoms with Gasteiger partial charge in [-0.1, -0.05) is 0 Å². The number of benzene rings is 1. The van der Waals surface area contributed by atoms with Gasteiger partial charge in [-0.05, 0) is 43.0 Å². The summed E-state index contributed by atoms with van der Waals surface area (Å²) in [6.45, 7) is 3.76. The summed E-state index contributed by atoms with van der Waals surface area (Å²) in [4.78, 5) is 18.0. The Hall–Kier alpha value is -1.79. The van der Waals surface area contributed by atoms with Crippen molar-refractivity contribution < 1.29 is 9.18 Å². The summed E-state index contributed by atoms with van der Waals surface area (Å²) in [5.41, 5.74) is 0.801. The van der Waals surface area contributed by atoms with Crippen LogP contribution in [0.4, 0.5) is 9.52 Å². The lowest BCUT2D eigenvalue weighted by molar-refractivity contribution is 0.103. The molecular weight excluding hydrogens is 295 g/mol. The summed E-state index contributed by atoms with van der Waals surface area (Å²) < 4.78 is 14.2. The molecule has 1 aromatic carbocycles. The summed E-state index contributed by atoms with van der Waals surface area (Å²) in [7, 11) is 0. The molecule has 0 aliphatic rings. The summed E-state index contributed by atoms with van der Waals surface area (Å²) in [5, 5.41) is 4.15. The van der Waals surface area contributed by atoms with E-state index in [0.717, 1.165) is 20.5 Å². The first kappa shape index (κ1) is 13.2. The Labute approximate surface area is 123 Å². The number of halogens is 1. The van der Waals surface area contributed by atoms with E-state index < -0.39 is 0 Å². The molecule has 2 heterocycles. The number of fused-ring (bicyclic) bond motifs is 1. The SMILES string of the molecule is Cc1cnc(NC(=O)c2sc3ccc(F)cc3c2C)s1. The predicted molar refractivity (Wildman–Crippen MR) is 81.3 cm³/mol. The number of hydrogen-bond acceptors (Lipinski definition) is 4. The minimum atomic E-state index is -0.291. The van der Waals surface area contributed by atoms with Crippen LogP contribution in [0.1, 0.15) is 20.1 Å². The number of hydrogen-bond donors (Lipinski definition) is 1. The van der Waals surface area contributed by atoms with Gasteiger partial charge in [0.15, 0.2) is 5.13 Å². The fourth-order valence-corrected chi connectivity index (χ4v) is 3.72. The maximum Gasteiger partial charge on any atom is 0.267 e. The average molecular weight is 306 g/mol. The minimum Gasteiger partial charge on any atom is -0.297 e. The van der Waals surface area contributed by atoms with E-state index >= 15 is 0 Å². The first-order chi connectivity index (χ1) is 9.54. The minimum absolute atomic E-state index is 0.196. The molecule has 0 aliphatic heterocycles. The molecule has 1 N–H and O–H groups in total. The summed E-state index contributed by atoms with van der Waals surface area (Å²) in [5.74, 6) is -0.487. The number of nitrogens with zero attached hydrogens (tertiary/aromatic N) is 1. The standard InChI is InChI=1S/C14H11FN2OS2/c1-7-6-16-14(19-7)17-13(18)12-8(2)10-5-9(15)3-4-11(10)20-12/h3-6H,1-2H3,(H,16,17,18). The molecule has 0 spiro atoms. The molecule has 0 saturated heterocycles. The van der Waals surface area contributed by atoms with Crippen LogP contribution in [-0.4, -0.2) is 10.9 Å². The van der Waals surface area contributed by atoms with Gasteiger partial charge in [0.25, 0.3) is 5.91 Å². The Balaban J connectivity index is 1.97. The Bertz CT molecular complexity index is 807. The third kappa shape index (κ3) is 2.32. The average Bonchev–Trinajstić information content (AvgIpc) is 2.94. The van der Waals surface area contributed by atoms with Crippen molar-refractivity contribution in [3.63, 3.8) is 0 Å². The smallest absolute Gasteiger partial charge is 0.267 e. The highest BCUT2D eigenvalue weighted by atomic mass is 32.1. The maximum atomic E-state index is 13.3. The number of thiophene rings is 1. The second-order valence-electron chi connectivity index (χ2n) is 4.43. The quantitative estimate of drug-likeness (QED) is 0.764. The molecule has 102 valence electrons. The van der Waals surface area contributed by atoms with Crippen molar-refractivity contribution in [3.05, 3.63) is 45.5 Å². The van der Waals surface area contributed by atoms with E-state index in [1.54, 1.807) is 12.3 Å². The van der Waals surface area contributed by atoms with E-state index in [2.05, 4.69) is 10.3 Å². The van der Waals surface area contributed by atoms with Crippen LogP contribution in [0, 0.1) is 19.7 Å². The number of carbonyl (C=O) groups is 1. The Kier molecular flexibility index (Phi) is 3.27. The van der Waals surface area contributed by atoms with E-state index in [1.165, 1.54) is 34.8 Å². The van der Waals surface area contributed by atoms with Crippen LogP contribution in [0.25, 0.3) is 10.1 Å². The molecule has 2 aromatic heterocycles. The van der Waals surface area contributed by atoms with Gasteiger partial charge in [0, 0.05) is 15.8 Å². The number of aryl methyl sites for hydroxylation is 2. The molecule has 0 fully saturated rings. The third-order valence-corrected chi connectivity index (χ3v) is 5.05. The number of carbonyl (C=O) groups excluding carboxylic acids is 1. The highest BCUT2D eigenvalue weighted by Crippen LogP contribution is 2.32. The van der Waals surface area contributed by atoms with Gasteiger partial charge in [-0.3, -0.25) is 10.1 Å². The first-order valence-electron chi connectivity index (χ1n) is 5.97. The Morgan fingerprint density at radius 3 is 2.80 bits per heavy atom. The fourth-order valence-electron chi connectivity index (χ4n) is 1.98. The molecule has 0 unspecified atom stereocenters. The number of nitrogens with one attached hydrogen (secondary N) is 1. The largest absolute Gasteiger partial charge is 0.297 e. The van der Waals surface area contributed by atoms with Gasteiger partial charge in [0.2, 0.25) is 0 Å². The van der Waals surface area contributed by atoms with Gasteiger partial charge in [0.1, 0.15) is 5.82 Å². The Morgan fingerprint density at radius 2 is 2.10 bits per heavy atom. The van der Waals surface area contributed by atoms with Crippen molar-refractivity contribution in [1.29, 1.82) is 0 Å². The lowest BCUT2D eigenvalue weighted by Gasteiger charge is -1.99. The van der Waals surface area contributed by atoms with E-state index in [9.17, 15) is 9.18 Å². The molecule has 0 bridgehead atoms. The highest BCUT2D eigenvalue weighted by Gasteiger charge is 2.17. The summed E-state index contributed by atoms with van der Waals surface area (Å²) >= 11 is 2.79. The van der Waals surface area contributed by atoms with Crippen molar-refractivity contribution in [2.75, 3.05) is 5.32 Å². The van der Waals surface area contributed by atoms with Crippen LogP contribution in [0.5, 0.6) is 0 Å². The molecule has 0 atom stereocenters. The van der Waals surface area contributed by atoms with Crippen LogP contribution in [0.15, 0.2) is 24.4 Å². The van der Waals surface area contributed by atoms with Crippen LogP contribution in [-0.2, 0) is 0 Å². The fraction of sp³-hybridized carbons (Fsp3) is 0.143. The molecule has 3 rings (SSSR count). The number of amides is 1. The lowest BCUT2D eigenvalue weighted by Crippen LogP contribution is -2.10. The van der Waals surface area contributed by atoms with Crippen LogP contribution in [0.3, 0.4) is 0 Å². The van der Waals surface area contributed by atoms with Crippen molar-refractivity contribution in [1.82, 2.24) is 4.98 Å². The Morgan fingerprint density at radius 1 is 1.30 bits per heavy atom. The molecule has 20 heavy (non-hydrogen) atoms. The molecule has 3 aromatic rings. The van der Waals surface area contributed by atoms with Crippen LogP contribution < -0.4 is 5.32 Å². The second kappa shape index (κ2) is 4.96. The van der Waals surface area contributed by atoms with Crippen molar-refractivity contribution in [2.45, 2.75) is 13.8 Å². The monoisotopic (exact) mass is 306 g/mol. The van der Waals surface area contributed by atoms with Gasteiger partial charge in [-0.15, -0.1) is 22.7 Å². The lowest BCUT2D eigenvalue weighted by atomic mass is 10.1. The molecule has 1 amide bonds. The van der Waals surface area contributed by atoms with E-state index in [-0.39, 0.29) is 11.7 Å². The van der Waals surface area contributed by atoms with Crippen LogP contribution >= 0.6 is 22.7 Å². The highest BCUT2D eigenvalue weighted by molar-refractivity contribution is 7.21.